The van der Waals surface area contributed by atoms with Gasteiger partial charge in [0, 0.05) is 6.20 Å². The molecule has 0 unspecified atom stereocenters. The summed E-state index contributed by atoms with van der Waals surface area (Å²) in [5.74, 6) is -0.0261. The van der Waals surface area contributed by atoms with Gasteiger partial charge in [-0.25, -0.2) is 19.3 Å². The van der Waals surface area contributed by atoms with Crippen molar-refractivity contribution in [3.63, 3.8) is 0 Å². The minimum absolute atomic E-state index is 0.119. The number of nitrogen functional groups attached to an aromatic ring is 1. The normalized spacial score (nSPS) is 10.8. The Morgan fingerprint density at radius 3 is 3.00 bits per heavy atom. The highest BCUT2D eigenvalue weighted by Gasteiger charge is 2.12. The molecule has 4 N–H and O–H groups in total. The van der Waals surface area contributed by atoms with Crippen LogP contribution in [0.5, 0.6) is 0 Å². The molecule has 1 aromatic carbocycles. The van der Waals surface area contributed by atoms with Gasteiger partial charge >= 0.3 is 0 Å². The molecule has 7 nitrogen and oxygen atoms in total. The second kappa shape index (κ2) is 5.40. The van der Waals surface area contributed by atoms with Crippen LogP contribution in [-0.4, -0.2) is 25.8 Å². The molecule has 0 spiro atoms. The van der Waals surface area contributed by atoms with Gasteiger partial charge in [0.15, 0.2) is 0 Å². The van der Waals surface area contributed by atoms with Crippen molar-refractivity contribution in [2.24, 2.45) is 0 Å². The highest BCUT2D eigenvalue weighted by atomic mass is 19.1. The minimum Gasteiger partial charge on any atom is -0.368 e. The zero-order valence-electron chi connectivity index (χ0n) is 11.7. The number of H-pyrrole nitrogens is 1. The standard InChI is InChI=1S/C14H13FN6O/c1-7-9(5-18-14(16)19-7)13(22)17-6-12-20-10-3-2-8(15)4-11(10)21-12/h2-5H,6H2,1H3,(H,17,22)(H,20,21)(H2,16,18,19). The molecule has 0 aliphatic heterocycles. The first-order valence-corrected chi connectivity index (χ1v) is 6.54. The van der Waals surface area contributed by atoms with Crippen LogP contribution >= 0.6 is 0 Å². The summed E-state index contributed by atoms with van der Waals surface area (Å²) >= 11 is 0. The Morgan fingerprint density at radius 2 is 2.23 bits per heavy atom. The van der Waals surface area contributed by atoms with E-state index in [9.17, 15) is 9.18 Å². The largest absolute Gasteiger partial charge is 0.368 e. The first-order valence-electron chi connectivity index (χ1n) is 6.54. The van der Waals surface area contributed by atoms with Gasteiger partial charge in [0.25, 0.3) is 5.91 Å². The van der Waals surface area contributed by atoms with E-state index < -0.39 is 0 Å². The molecule has 0 bridgehead atoms. The number of aromatic nitrogens is 4. The number of fused-ring (bicyclic) bond motifs is 1. The molecule has 22 heavy (non-hydrogen) atoms. The van der Waals surface area contributed by atoms with Crippen molar-refractivity contribution in [1.82, 2.24) is 25.3 Å². The summed E-state index contributed by atoms with van der Waals surface area (Å²) in [6, 6.07) is 4.26. The quantitative estimate of drug-likeness (QED) is 0.675. The molecule has 0 radical (unpaired) electrons. The van der Waals surface area contributed by atoms with E-state index in [0.29, 0.717) is 28.1 Å². The number of anilines is 1. The fourth-order valence-corrected chi connectivity index (χ4v) is 2.09. The second-order valence-electron chi connectivity index (χ2n) is 4.75. The van der Waals surface area contributed by atoms with Crippen molar-refractivity contribution in [2.45, 2.75) is 13.5 Å². The third kappa shape index (κ3) is 2.71. The maximum absolute atomic E-state index is 13.1. The molecule has 8 heteroatoms. The molecule has 1 amide bonds. The summed E-state index contributed by atoms with van der Waals surface area (Å²) in [5, 5.41) is 2.70. The van der Waals surface area contributed by atoms with Crippen molar-refractivity contribution in [2.75, 3.05) is 5.73 Å². The predicted molar refractivity (Wildman–Crippen MR) is 78.4 cm³/mol. The smallest absolute Gasteiger partial charge is 0.255 e. The number of halogens is 1. The molecule has 0 saturated carbocycles. The Bertz CT molecular complexity index is 860. The Kier molecular flexibility index (Phi) is 3.42. The first-order chi connectivity index (χ1) is 10.5. The number of imidazole rings is 1. The van der Waals surface area contributed by atoms with E-state index in [2.05, 4.69) is 25.3 Å². The summed E-state index contributed by atoms with van der Waals surface area (Å²) < 4.78 is 13.1. The van der Waals surface area contributed by atoms with Crippen LogP contribution in [0.1, 0.15) is 21.9 Å². The van der Waals surface area contributed by atoms with Gasteiger partial charge in [-0.3, -0.25) is 4.79 Å². The Morgan fingerprint density at radius 1 is 1.41 bits per heavy atom. The fourth-order valence-electron chi connectivity index (χ4n) is 2.09. The summed E-state index contributed by atoms with van der Waals surface area (Å²) in [7, 11) is 0. The number of aryl methyl sites for hydroxylation is 1. The average Bonchev–Trinajstić information content (AvgIpc) is 2.86. The van der Waals surface area contributed by atoms with E-state index in [4.69, 9.17) is 5.73 Å². The van der Waals surface area contributed by atoms with Crippen LogP contribution in [0.2, 0.25) is 0 Å². The number of carbonyl (C=O) groups is 1. The predicted octanol–water partition coefficient (Wildman–Crippen LogP) is 1.31. The lowest BCUT2D eigenvalue weighted by atomic mass is 10.2. The Hall–Kier alpha value is -3.03. The van der Waals surface area contributed by atoms with Crippen LogP contribution < -0.4 is 11.1 Å². The zero-order chi connectivity index (χ0) is 15.7. The number of rotatable bonds is 3. The highest BCUT2D eigenvalue weighted by molar-refractivity contribution is 5.94. The van der Waals surface area contributed by atoms with Gasteiger partial charge in [-0.1, -0.05) is 0 Å². The van der Waals surface area contributed by atoms with Crippen molar-refractivity contribution in [3.8, 4) is 0 Å². The number of hydrogen-bond acceptors (Lipinski definition) is 5. The first kappa shape index (κ1) is 13.9. The molecule has 112 valence electrons. The van der Waals surface area contributed by atoms with E-state index in [1.165, 1.54) is 18.3 Å². The van der Waals surface area contributed by atoms with Crippen LogP contribution in [0.15, 0.2) is 24.4 Å². The van der Waals surface area contributed by atoms with E-state index in [1.807, 2.05) is 0 Å². The van der Waals surface area contributed by atoms with Gasteiger partial charge < -0.3 is 16.0 Å². The molecule has 0 saturated heterocycles. The van der Waals surface area contributed by atoms with Crippen molar-refractivity contribution in [3.05, 3.63) is 47.3 Å². The van der Waals surface area contributed by atoms with E-state index in [0.717, 1.165) is 0 Å². The lowest BCUT2D eigenvalue weighted by Crippen LogP contribution is -2.25. The third-order valence-electron chi connectivity index (χ3n) is 3.15. The topological polar surface area (TPSA) is 110 Å². The van der Waals surface area contributed by atoms with Gasteiger partial charge in [0.2, 0.25) is 5.95 Å². The zero-order valence-corrected chi connectivity index (χ0v) is 11.7. The van der Waals surface area contributed by atoms with Crippen molar-refractivity contribution >= 4 is 22.9 Å². The third-order valence-corrected chi connectivity index (χ3v) is 3.15. The number of nitrogens with two attached hydrogens (primary N) is 1. The SMILES string of the molecule is Cc1nc(N)ncc1C(=O)NCc1nc2ccc(F)cc2[nH]1. The summed E-state index contributed by atoms with van der Waals surface area (Å²) in [6.45, 7) is 1.86. The number of nitrogens with one attached hydrogen (secondary N) is 2. The van der Waals surface area contributed by atoms with E-state index >= 15 is 0 Å². The Labute approximate surface area is 124 Å². The van der Waals surface area contributed by atoms with Gasteiger partial charge in [0.05, 0.1) is 28.8 Å². The maximum Gasteiger partial charge on any atom is 0.255 e. The van der Waals surface area contributed by atoms with Crippen molar-refractivity contribution in [1.29, 1.82) is 0 Å². The number of carbonyl (C=O) groups excluding carboxylic acids is 1. The summed E-state index contributed by atoms with van der Waals surface area (Å²) in [5.41, 5.74) is 7.51. The second-order valence-corrected chi connectivity index (χ2v) is 4.75. The van der Waals surface area contributed by atoms with E-state index in [1.54, 1.807) is 13.0 Å². The maximum atomic E-state index is 13.1. The number of benzene rings is 1. The molecule has 0 aliphatic rings. The molecule has 3 rings (SSSR count). The Balaban J connectivity index is 1.74. The molecule has 0 atom stereocenters. The molecule has 2 aromatic heterocycles. The lowest BCUT2D eigenvalue weighted by molar-refractivity contribution is 0.0948. The summed E-state index contributed by atoms with van der Waals surface area (Å²) in [4.78, 5) is 27.0. The molecular weight excluding hydrogens is 287 g/mol. The van der Waals surface area contributed by atoms with Gasteiger partial charge in [-0.15, -0.1) is 0 Å². The van der Waals surface area contributed by atoms with Crippen LogP contribution in [0, 0.1) is 12.7 Å². The lowest BCUT2D eigenvalue weighted by Gasteiger charge is -2.05. The van der Waals surface area contributed by atoms with Crippen LogP contribution in [0.4, 0.5) is 10.3 Å². The van der Waals surface area contributed by atoms with Crippen LogP contribution in [0.25, 0.3) is 11.0 Å². The van der Waals surface area contributed by atoms with Gasteiger partial charge in [0.1, 0.15) is 11.6 Å². The molecular formula is C14H13FN6O. The van der Waals surface area contributed by atoms with Crippen LogP contribution in [0.3, 0.4) is 0 Å². The molecule has 3 aromatic rings. The minimum atomic E-state index is -0.346. The molecule has 0 aliphatic carbocycles. The molecule has 0 fully saturated rings. The highest BCUT2D eigenvalue weighted by Crippen LogP contribution is 2.13. The van der Waals surface area contributed by atoms with Crippen LogP contribution in [-0.2, 0) is 6.54 Å². The number of amides is 1. The van der Waals surface area contributed by atoms with Crippen molar-refractivity contribution < 1.29 is 9.18 Å². The number of aromatic amines is 1. The molecule has 2 heterocycles. The van der Waals surface area contributed by atoms with E-state index in [-0.39, 0.29) is 24.2 Å². The monoisotopic (exact) mass is 300 g/mol. The van der Waals surface area contributed by atoms with Gasteiger partial charge in [-0.2, -0.15) is 0 Å². The fraction of sp³-hybridized carbons (Fsp3) is 0.143. The average molecular weight is 300 g/mol. The number of hydrogen-bond donors (Lipinski definition) is 3. The number of nitrogens with zero attached hydrogens (tertiary/aromatic N) is 3. The summed E-state index contributed by atoms with van der Waals surface area (Å²) in [6.07, 6.45) is 1.38. The van der Waals surface area contributed by atoms with Gasteiger partial charge in [-0.05, 0) is 25.1 Å².